The molecule has 0 aliphatic heterocycles. The minimum absolute atomic E-state index is 0.0283. The summed E-state index contributed by atoms with van der Waals surface area (Å²) in [5.41, 5.74) is 0.953. The lowest BCUT2D eigenvalue weighted by molar-refractivity contribution is 0.284. The Morgan fingerprint density at radius 2 is 2.29 bits per heavy atom. The van der Waals surface area contributed by atoms with E-state index in [0.717, 1.165) is 12.0 Å². The van der Waals surface area contributed by atoms with Crippen LogP contribution >= 0.6 is 11.8 Å². The lowest BCUT2D eigenvalue weighted by Crippen LogP contribution is -2.10. The van der Waals surface area contributed by atoms with Gasteiger partial charge in [-0.3, -0.25) is 0 Å². The largest absolute Gasteiger partial charge is 0.490 e. The number of rotatable bonds is 6. The Bertz CT molecular complexity index is 378. The Kier molecular flexibility index (Phi) is 4.24. The van der Waals surface area contributed by atoms with E-state index < -0.39 is 0 Å². The smallest absolute Gasteiger partial charge is 0.165 e. The average molecular weight is 258 g/mol. The fourth-order valence-electron chi connectivity index (χ4n) is 1.72. The van der Waals surface area contributed by atoms with E-state index in [9.17, 15) is 4.39 Å². The summed E-state index contributed by atoms with van der Waals surface area (Å²) in [5, 5.41) is 0. The number of halogens is 2. The first-order valence-corrected chi connectivity index (χ1v) is 6.40. The summed E-state index contributed by atoms with van der Waals surface area (Å²) in [6.07, 6.45) is 3.24. The molecule has 1 aromatic carbocycles. The van der Waals surface area contributed by atoms with Gasteiger partial charge in [0.25, 0.3) is 0 Å². The Morgan fingerprint density at radius 3 is 2.88 bits per heavy atom. The Labute approximate surface area is 106 Å². The Balaban J connectivity index is 2.09. The highest BCUT2D eigenvalue weighted by atomic mass is 35.5. The van der Waals surface area contributed by atoms with Gasteiger partial charge >= 0.3 is 0 Å². The summed E-state index contributed by atoms with van der Waals surface area (Å²) >= 11 is 5.65. The Hall–Kier alpha value is -0.800. The van der Waals surface area contributed by atoms with Gasteiger partial charge in [0.15, 0.2) is 11.6 Å². The van der Waals surface area contributed by atoms with Crippen molar-refractivity contribution in [2.75, 3.05) is 6.61 Å². The normalized spacial score (nSPS) is 16.9. The third-order valence-electron chi connectivity index (χ3n) is 3.07. The molecule has 1 N–H and O–H groups in total. The van der Waals surface area contributed by atoms with Gasteiger partial charge in [0.2, 0.25) is 0 Å². The van der Waals surface area contributed by atoms with Gasteiger partial charge in [-0.15, -0.1) is 0 Å². The summed E-state index contributed by atoms with van der Waals surface area (Å²) in [6, 6.07) is 4.94. The highest BCUT2D eigenvalue weighted by molar-refractivity contribution is 6.13. The highest BCUT2D eigenvalue weighted by Crippen LogP contribution is 2.31. The van der Waals surface area contributed by atoms with Crippen LogP contribution in [0.4, 0.5) is 4.39 Å². The van der Waals surface area contributed by atoms with Gasteiger partial charge < -0.3 is 4.74 Å². The lowest BCUT2D eigenvalue weighted by Gasteiger charge is -2.14. The van der Waals surface area contributed by atoms with Crippen LogP contribution < -0.4 is 9.57 Å². The van der Waals surface area contributed by atoms with E-state index >= 15 is 0 Å². The quantitative estimate of drug-likeness (QED) is 0.783. The maximum absolute atomic E-state index is 13.5. The lowest BCUT2D eigenvalue weighted by atomic mass is 10.1. The minimum atomic E-state index is -0.307. The number of nitrogens with one attached hydrogen (secondary N) is 1. The van der Waals surface area contributed by atoms with Crippen molar-refractivity contribution in [1.29, 1.82) is 0 Å². The van der Waals surface area contributed by atoms with Crippen molar-refractivity contribution in [3.8, 4) is 5.75 Å². The van der Waals surface area contributed by atoms with Gasteiger partial charge in [0.1, 0.15) is 0 Å². The first kappa shape index (κ1) is 12.7. The molecule has 1 aromatic rings. The van der Waals surface area contributed by atoms with Crippen molar-refractivity contribution in [2.45, 2.75) is 32.2 Å². The summed E-state index contributed by atoms with van der Waals surface area (Å²) in [4.78, 5) is 2.69. The number of hydrogen-bond acceptors (Lipinski definition) is 2. The van der Waals surface area contributed by atoms with Crippen molar-refractivity contribution >= 4 is 11.8 Å². The fourth-order valence-corrected chi connectivity index (χ4v) is 2.00. The van der Waals surface area contributed by atoms with Gasteiger partial charge in [-0.25, -0.2) is 9.23 Å². The van der Waals surface area contributed by atoms with E-state index in [1.165, 1.54) is 18.9 Å². The van der Waals surface area contributed by atoms with Crippen LogP contribution in [0.5, 0.6) is 5.75 Å². The zero-order valence-electron chi connectivity index (χ0n) is 9.88. The second kappa shape index (κ2) is 5.69. The predicted octanol–water partition coefficient (Wildman–Crippen LogP) is 3.81. The minimum Gasteiger partial charge on any atom is -0.490 e. The molecular formula is C13H17ClFNO. The average Bonchev–Trinajstić information content (AvgIpc) is 3.15. The Morgan fingerprint density at radius 1 is 1.53 bits per heavy atom. The third kappa shape index (κ3) is 3.33. The molecule has 4 heteroatoms. The van der Waals surface area contributed by atoms with Crippen molar-refractivity contribution in [3.63, 3.8) is 0 Å². The van der Waals surface area contributed by atoms with Crippen LogP contribution in [0.2, 0.25) is 0 Å². The second-order valence-corrected chi connectivity index (χ2v) is 4.73. The van der Waals surface area contributed by atoms with Crippen LogP contribution in [0.1, 0.15) is 37.8 Å². The van der Waals surface area contributed by atoms with Crippen LogP contribution in [-0.2, 0) is 0 Å². The predicted molar refractivity (Wildman–Crippen MR) is 66.6 cm³/mol. The molecular weight excluding hydrogens is 241 g/mol. The molecule has 0 radical (unpaired) electrons. The molecule has 1 atom stereocenters. The van der Waals surface area contributed by atoms with Crippen LogP contribution in [0, 0.1) is 11.7 Å². The molecule has 1 saturated carbocycles. The molecule has 0 bridgehead atoms. The van der Waals surface area contributed by atoms with E-state index in [-0.39, 0.29) is 11.9 Å². The number of benzene rings is 1. The second-order valence-electron chi connectivity index (χ2n) is 4.51. The molecule has 1 fully saturated rings. The van der Waals surface area contributed by atoms with Crippen LogP contribution in [0.3, 0.4) is 0 Å². The number of hydrogen-bond donors (Lipinski definition) is 1. The van der Waals surface area contributed by atoms with Gasteiger partial charge in [0, 0.05) is 6.04 Å². The molecule has 0 amide bonds. The molecule has 0 spiro atoms. The van der Waals surface area contributed by atoms with E-state index in [4.69, 9.17) is 16.5 Å². The summed E-state index contributed by atoms with van der Waals surface area (Å²) in [6.45, 7) is 2.64. The molecule has 0 aromatic heterocycles. The molecule has 0 unspecified atom stereocenters. The van der Waals surface area contributed by atoms with E-state index in [0.29, 0.717) is 18.3 Å². The third-order valence-corrected chi connectivity index (χ3v) is 3.33. The molecule has 1 aliphatic carbocycles. The first-order chi connectivity index (χ1) is 8.24. The molecule has 2 rings (SSSR count). The van der Waals surface area contributed by atoms with Crippen molar-refractivity contribution in [3.05, 3.63) is 29.6 Å². The van der Waals surface area contributed by atoms with Gasteiger partial charge in [-0.1, -0.05) is 13.0 Å². The van der Waals surface area contributed by atoms with Crippen LogP contribution in [0.25, 0.3) is 0 Å². The standard InChI is InChI=1S/C13H17ClFNO/c1-2-12(16-14)10-5-6-11(15)13(7-10)17-8-9-3-4-9/h5-7,9,12,16H,2-4,8H2,1H3/t12-/m1/s1. The fraction of sp³-hybridized carbons (Fsp3) is 0.538. The molecule has 1 aliphatic rings. The van der Waals surface area contributed by atoms with Gasteiger partial charge in [0.05, 0.1) is 6.61 Å². The van der Waals surface area contributed by atoms with Gasteiger partial charge in [-0.05, 0) is 54.7 Å². The number of ether oxygens (including phenoxy) is 1. The molecule has 2 nitrogen and oxygen atoms in total. The van der Waals surface area contributed by atoms with E-state index in [1.54, 1.807) is 12.1 Å². The zero-order valence-corrected chi connectivity index (χ0v) is 10.6. The maximum atomic E-state index is 13.5. The van der Waals surface area contributed by atoms with E-state index in [2.05, 4.69) is 4.84 Å². The maximum Gasteiger partial charge on any atom is 0.165 e. The topological polar surface area (TPSA) is 21.3 Å². The summed E-state index contributed by atoms with van der Waals surface area (Å²) in [5.74, 6) is 0.643. The van der Waals surface area contributed by atoms with Crippen LogP contribution in [0.15, 0.2) is 18.2 Å². The monoisotopic (exact) mass is 257 g/mol. The van der Waals surface area contributed by atoms with Crippen molar-refractivity contribution in [1.82, 2.24) is 4.84 Å². The molecule has 17 heavy (non-hydrogen) atoms. The SMILES string of the molecule is CC[C@@H](NCl)c1ccc(F)c(OCC2CC2)c1. The van der Waals surface area contributed by atoms with E-state index in [1.807, 2.05) is 6.92 Å². The van der Waals surface area contributed by atoms with Crippen LogP contribution in [-0.4, -0.2) is 6.61 Å². The molecule has 94 valence electrons. The van der Waals surface area contributed by atoms with Gasteiger partial charge in [-0.2, -0.15) is 0 Å². The first-order valence-electron chi connectivity index (χ1n) is 6.03. The highest BCUT2D eigenvalue weighted by Gasteiger charge is 2.22. The molecule has 0 heterocycles. The summed E-state index contributed by atoms with van der Waals surface area (Å²) in [7, 11) is 0. The zero-order chi connectivity index (χ0) is 12.3. The summed E-state index contributed by atoms with van der Waals surface area (Å²) < 4.78 is 19.0. The van der Waals surface area contributed by atoms with Crippen molar-refractivity contribution < 1.29 is 9.13 Å². The van der Waals surface area contributed by atoms with Crippen molar-refractivity contribution in [2.24, 2.45) is 5.92 Å². The molecule has 0 saturated heterocycles.